The van der Waals surface area contributed by atoms with Crippen molar-refractivity contribution < 1.29 is 42.3 Å². The average molecular weight is 830 g/mol. The number of carbonyl (C=O) groups is 2. The molecule has 3 aromatic carbocycles. The van der Waals surface area contributed by atoms with Gasteiger partial charge in [-0.05, 0) is 74.7 Å². The summed E-state index contributed by atoms with van der Waals surface area (Å²) in [5.41, 5.74) is 0.282. The number of nitrogens with one attached hydrogen (secondary N) is 1. The molecule has 1 saturated heterocycles. The summed E-state index contributed by atoms with van der Waals surface area (Å²) in [5, 5.41) is 11.9. The van der Waals surface area contributed by atoms with Crippen LogP contribution in [0.15, 0.2) is 95.9 Å². The first-order valence-electron chi connectivity index (χ1n) is 19.3. The zero-order chi connectivity index (χ0) is 42.7. The third-order valence-corrected chi connectivity index (χ3v) is 11.6. The molecule has 2 unspecified atom stereocenters. The van der Waals surface area contributed by atoms with Crippen LogP contribution < -0.4 is 20.5 Å². The van der Waals surface area contributed by atoms with E-state index in [0.717, 1.165) is 16.7 Å². The van der Waals surface area contributed by atoms with Crippen molar-refractivity contribution in [3.05, 3.63) is 118 Å². The van der Waals surface area contributed by atoms with E-state index in [1.165, 1.54) is 30.7 Å². The highest BCUT2D eigenvalue weighted by Crippen LogP contribution is 2.51. The monoisotopic (exact) mass is 829 g/mol. The molecule has 59 heavy (non-hydrogen) atoms. The van der Waals surface area contributed by atoms with E-state index in [1.807, 2.05) is 111 Å². The number of methoxy groups -OCH3 is 2. The minimum Gasteiger partial charge on any atom is -0.497 e. The minimum absolute atomic E-state index is 0.0408. The Hall–Kier alpha value is -5.20. The lowest BCUT2D eigenvalue weighted by atomic mass is 9.80. The molecule has 2 heterocycles. The van der Waals surface area contributed by atoms with E-state index >= 15 is 0 Å². The van der Waals surface area contributed by atoms with Gasteiger partial charge in [0.15, 0.2) is 12.3 Å². The van der Waals surface area contributed by atoms with Crippen molar-refractivity contribution >= 4 is 26.2 Å². The predicted octanol–water partition coefficient (Wildman–Crippen LogP) is 6.72. The maximum absolute atomic E-state index is 13.6. The molecular weight excluding hydrogens is 777 g/mol. The molecule has 0 spiro atoms. The lowest BCUT2D eigenvalue weighted by Crippen LogP contribution is -2.43. The van der Waals surface area contributed by atoms with E-state index in [0.29, 0.717) is 11.5 Å². The number of hydrogen-bond acceptors (Lipinski definition) is 13. The van der Waals surface area contributed by atoms with E-state index in [2.05, 4.69) is 16.4 Å². The first-order valence-corrected chi connectivity index (χ1v) is 20.4. The number of aromatic nitrogens is 2. The van der Waals surface area contributed by atoms with Crippen molar-refractivity contribution in [2.24, 2.45) is 0 Å². The minimum atomic E-state index is -1.92. The van der Waals surface area contributed by atoms with E-state index in [-0.39, 0.29) is 37.5 Å². The largest absolute Gasteiger partial charge is 0.497 e. The van der Waals surface area contributed by atoms with Crippen LogP contribution in [0.5, 0.6) is 11.5 Å². The number of ether oxygens (including phenoxy) is 5. The molecule has 0 radical (unpaired) electrons. The number of amides is 1. The summed E-state index contributed by atoms with van der Waals surface area (Å²) in [4.78, 5) is 42.4. The Labute approximate surface area is 346 Å². The van der Waals surface area contributed by atoms with Crippen molar-refractivity contribution in [3.63, 3.8) is 0 Å². The van der Waals surface area contributed by atoms with Gasteiger partial charge in [0.2, 0.25) is 5.91 Å². The van der Waals surface area contributed by atoms with Crippen LogP contribution in [-0.2, 0) is 38.4 Å². The molecule has 1 aliphatic heterocycles. The van der Waals surface area contributed by atoms with Gasteiger partial charge in [-0.1, -0.05) is 54.6 Å². The second-order valence-electron chi connectivity index (χ2n) is 14.3. The van der Waals surface area contributed by atoms with Gasteiger partial charge in [0, 0.05) is 32.1 Å². The summed E-state index contributed by atoms with van der Waals surface area (Å²) in [6.45, 7) is 10.5. The third-order valence-electron chi connectivity index (χ3n) is 9.51. The van der Waals surface area contributed by atoms with Crippen molar-refractivity contribution in [2.45, 2.75) is 90.2 Å². The Morgan fingerprint density at radius 2 is 1.47 bits per heavy atom. The molecule has 1 aromatic heterocycles. The SMILES string of the molecule is COc1ccc(C(OC[C@H]2O[C@@H](n3ccc(NC(C)=O)nc3=O)C(OC(C)=O)[C@H]2OP(OCCC#N)N(C(C)C)C(C)C)(c2ccccc2)c2ccc(OC)cc2)cc1. The van der Waals surface area contributed by atoms with Crippen molar-refractivity contribution in [2.75, 3.05) is 32.8 Å². The van der Waals surface area contributed by atoms with Gasteiger partial charge in [0.05, 0.1) is 39.9 Å². The maximum Gasteiger partial charge on any atom is 0.351 e. The van der Waals surface area contributed by atoms with Crippen molar-refractivity contribution in [3.8, 4) is 17.6 Å². The molecule has 0 saturated carbocycles. The first-order chi connectivity index (χ1) is 28.3. The molecule has 5 atom stereocenters. The van der Waals surface area contributed by atoms with Crippen LogP contribution in [0.3, 0.4) is 0 Å². The average Bonchev–Trinajstić information content (AvgIpc) is 3.53. The number of anilines is 1. The second kappa shape index (κ2) is 20.7. The Morgan fingerprint density at radius 3 is 1.97 bits per heavy atom. The summed E-state index contributed by atoms with van der Waals surface area (Å²) in [6.07, 6.45) is -3.03. The summed E-state index contributed by atoms with van der Waals surface area (Å²) < 4.78 is 47.5. The third kappa shape index (κ3) is 10.7. The van der Waals surface area contributed by atoms with Gasteiger partial charge in [-0.2, -0.15) is 10.2 Å². The zero-order valence-corrected chi connectivity index (χ0v) is 35.5. The second-order valence-corrected chi connectivity index (χ2v) is 15.7. The van der Waals surface area contributed by atoms with Gasteiger partial charge in [-0.25, -0.2) is 9.46 Å². The molecular formula is C43H52N5O10P. The lowest BCUT2D eigenvalue weighted by Gasteiger charge is -2.39. The van der Waals surface area contributed by atoms with E-state index in [1.54, 1.807) is 14.2 Å². The standard InChI is InChI=1S/C43H52N5O10P/c1-28(2)48(29(3)4)59(55-26-12-24-44)58-39-37(57-41(40(39)56-31(6)50)47-25-23-38(45-30(5)49)46-42(47)51)27-54-43(32-13-10-9-11-14-32,33-15-19-35(52-7)20-16-33)34-17-21-36(53-8)22-18-34/h9-11,13-23,25,28-29,37,39-41H,12,26-27H2,1-8H3,(H,45,46,49,51)/t37-,39+,40?,41-,59?/m1/s1. The number of esters is 1. The highest BCUT2D eigenvalue weighted by atomic mass is 31.2. The van der Waals surface area contributed by atoms with Crippen molar-refractivity contribution in [1.82, 2.24) is 14.2 Å². The Kier molecular flexibility index (Phi) is 15.7. The molecule has 15 nitrogen and oxygen atoms in total. The fourth-order valence-electron chi connectivity index (χ4n) is 7.05. The van der Waals surface area contributed by atoms with Crippen LogP contribution in [0.4, 0.5) is 5.82 Å². The van der Waals surface area contributed by atoms with Crippen LogP contribution in [-0.4, -0.2) is 83.9 Å². The van der Waals surface area contributed by atoms with Crippen molar-refractivity contribution in [1.29, 1.82) is 5.26 Å². The summed E-state index contributed by atoms with van der Waals surface area (Å²) in [7, 11) is 1.27. The van der Waals surface area contributed by atoms with Gasteiger partial charge in [0.25, 0.3) is 8.53 Å². The van der Waals surface area contributed by atoms with Gasteiger partial charge < -0.3 is 38.0 Å². The molecule has 0 aliphatic carbocycles. The molecule has 1 N–H and O–H groups in total. The highest BCUT2D eigenvalue weighted by molar-refractivity contribution is 7.44. The molecule has 1 amide bonds. The Morgan fingerprint density at radius 1 is 0.898 bits per heavy atom. The molecule has 4 aromatic rings. The zero-order valence-electron chi connectivity index (χ0n) is 34.6. The van der Waals surface area contributed by atoms with Crippen LogP contribution >= 0.6 is 8.53 Å². The molecule has 1 fully saturated rings. The number of nitriles is 1. The fourth-order valence-corrected chi connectivity index (χ4v) is 8.82. The van der Waals surface area contributed by atoms with Crippen LogP contribution in [0.2, 0.25) is 0 Å². The topological polar surface area (TPSA) is 173 Å². The number of rotatable bonds is 19. The molecule has 1 aliphatic rings. The number of carbonyl (C=O) groups excluding carboxylic acids is 2. The van der Waals surface area contributed by atoms with E-state index in [9.17, 15) is 19.6 Å². The normalized spacial score (nSPS) is 18.4. The highest BCUT2D eigenvalue weighted by Gasteiger charge is 2.52. The summed E-state index contributed by atoms with van der Waals surface area (Å²) in [6, 6.07) is 28.3. The van der Waals surface area contributed by atoms with Gasteiger partial charge in [-0.3, -0.25) is 14.2 Å². The molecule has 0 bridgehead atoms. The van der Waals surface area contributed by atoms with Gasteiger partial charge in [-0.15, -0.1) is 0 Å². The number of benzene rings is 3. The molecule has 16 heteroatoms. The Bertz CT molecular complexity index is 2040. The van der Waals surface area contributed by atoms with Crippen LogP contribution in [0, 0.1) is 11.3 Å². The van der Waals surface area contributed by atoms with E-state index in [4.69, 9.17) is 32.7 Å². The number of nitrogens with zero attached hydrogens (tertiary/aromatic N) is 4. The molecule has 314 valence electrons. The van der Waals surface area contributed by atoms with Gasteiger partial charge in [0.1, 0.15) is 35.1 Å². The first kappa shape index (κ1) is 44.9. The predicted molar refractivity (Wildman–Crippen MR) is 221 cm³/mol. The van der Waals surface area contributed by atoms with Gasteiger partial charge >= 0.3 is 11.7 Å². The lowest BCUT2D eigenvalue weighted by molar-refractivity contribution is -0.155. The van der Waals surface area contributed by atoms with Crippen LogP contribution in [0.1, 0.15) is 70.9 Å². The molecule has 5 rings (SSSR count). The summed E-state index contributed by atoms with van der Waals surface area (Å²) >= 11 is 0. The summed E-state index contributed by atoms with van der Waals surface area (Å²) in [5.74, 6) is 0.287. The maximum atomic E-state index is 13.6. The fraction of sp³-hybridized carbons (Fsp3) is 0.419. The quantitative estimate of drug-likeness (QED) is 0.0458. The smallest absolute Gasteiger partial charge is 0.351 e. The Balaban J connectivity index is 1.68. The van der Waals surface area contributed by atoms with E-state index < -0.39 is 56.2 Å². The number of hydrogen-bond donors (Lipinski definition) is 1. The van der Waals surface area contributed by atoms with Crippen LogP contribution in [0.25, 0.3) is 0 Å².